The molecule has 0 aromatic heterocycles. The number of likely N-dealkylation sites (tertiary alicyclic amines) is 1. The number of carbonyl (C=O) groups excluding carboxylic acids is 1. The molecule has 2 saturated carbocycles. The third kappa shape index (κ3) is 2.07. The average Bonchev–Trinajstić information content (AvgIpc) is 2.45. The van der Waals surface area contributed by atoms with E-state index in [2.05, 4.69) is 4.90 Å². The molecule has 0 aromatic rings. The average molecular weight is 251 g/mol. The van der Waals surface area contributed by atoms with Crippen LogP contribution in [-0.4, -0.2) is 34.1 Å². The number of hydrogen-bond donors (Lipinski definition) is 1. The van der Waals surface area contributed by atoms with Crippen molar-refractivity contribution in [3.8, 4) is 0 Å². The van der Waals surface area contributed by atoms with Gasteiger partial charge in [-0.05, 0) is 31.6 Å². The van der Waals surface area contributed by atoms with Gasteiger partial charge in [-0.25, -0.2) is 0 Å². The van der Waals surface area contributed by atoms with Crippen molar-refractivity contribution in [2.45, 2.75) is 82.4 Å². The fourth-order valence-corrected chi connectivity index (χ4v) is 4.26. The van der Waals surface area contributed by atoms with Crippen LogP contribution in [0.5, 0.6) is 0 Å². The molecule has 3 fully saturated rings. The molecule has 3 rings (SSSR count). The molecule has 102 valence electrons. The topological polar surface area (TPSA) is 40.5 Å². The molecule has 3 heteroatoms. The van der Waals surface area contributed by atoms with Crippen molar-refractivity contribution in [1.29, 1.82) is 0 Å². The molecule has 0 spiro atoms. The molecule has 3 aliphatic rings. The molecule has 1 saturated heterocycles. The van der Waals surface area contributed by atoms with E-state index in [1.54, 1.807) is 0 Å². The van der Waals surface area contributed by atoms with E-state index in [1.165, 1.54) is 51.4 Å². The predicted octanol–water partition coefficient (Wildman–Crippen LogP) is 2.47. The Morgan fingerprint density at radius 2 is 1.44 bits per heavy atom. The number of nitrogens with zero attached hydrogens (tertiary/aromatic N) is 1. The zero-order chi connectivity index (χ0) is 12.5. The lowest BCUT2D eigenvalue weighted by Crippen LogP contribution is -2.70. The van der Waals surface area contributed by atoms with Crippen LogP contribution in [0.25, 0.3) is 0 Å². The number of amides is 1. The normalized spacial score (nSPS) is 35.6. The molecule has 1 amide bonds. The third-order valence-electron chi connectivity index (χ3n) is 5.25. The van der Waals surface area contributed by atoms with E-state index in [9.17, 15) is 9.90 Å². The molecule has 0 bridgehead atoms. The maximum Gasteiger partial charge on any atom is 0.254 e. The first kappa shape index (κ1) is 12.5. The minimum absolute atomic E-state index is 0.0115. The summed E-state index contributed by atoms with van der Waals surface area (Å²) in [4.78, 5) is 14.1. The van der Waals surface area contributed by atoms with Crippen LogP contribution >= 0.6 is 0 Å². The van der Waals surface area contributed by atoms with Crippen LogP contribution in [0.3, 0.4) is 0 Å². The van der Waals surface area contributed by atoms with Crippen molar-refractivity contribution in [3.63, 3.8) is 0 Å². The molecule has 1 heterocycles. The number of carbonyl (C=O) groups is 1. The Kier molecular flexibility index (Phi) is 3.60. The fourth-order valence-electron chi connectivity index (χ4n) is 4.26. The van der Waals surface area contributed by atoms with E-state index >= 15 is 0 Å². The Morgan fingerprint density at radius 3 is 2.06 bits per heavy atom. The van der Waals surface area contributed by atoms with E-state index in [4.69, 9.17) is 0 Å². The smallest absolute Gasteiger partial charge is 0.254 e. The van der Waals surface area contributed by atoms with Gasteiger partial charge in [0, 0.05) is 6.04 Å². The maximum atomic E-state index is 12.0. The summed E-state index contributed by atoms with van der Waals surface area (Å²) in [5, 5.41) is 10.0. The van der Waals surface area contributed by atoms with Gasteiger partial charge in [0.2, 0.25) is 0 Å². The van der Waals surface area contributed by atoms with Crippen LogP contribution < -0.4 is 0 Å². The molecule has 3 nitrogen and oxygen atoms in total. The molecule has 18 heavy (non-hydrogen) atoms. The van der Waals surface area contributed by atoms with Crippen molar-refractivity contribution in [2.24, 2.45) is 5.92 Å². The Bertz CT molecular complexity index is 306. The summed E-state index contributed by atoms with van der Waals surface area (Å²) in [6.45, 7) is 0. The summed E-state index contributed by atoms with van der Waals surface area (Å²) in [5.41, 5.74) is 0. The second-order valence-corrected chi connectivity index (χ2v) is 6.37. The standard InChI is InChI=1S/C15H25NO2/c17-14-13(11-7-3-1-4-8-11)16(15(14)18)12-9-5-2-6-10-12/h11-14,17H,1-10H2/t13-,14+/m0/s1. The lowest BCUT2D eigenvalue weighted by molar-refractivity contribution is -0.179. The minimum Gasteiger partial charge on any atom is -0.381 e. The number of hydrogen-bond acceptors (Lipinski definition) is 2. The molecule has 1 N–H and O–H groups in total. The molecule has 0 unspecified atom stereocenters. The second-order valence-electron chi connectivity index (χ2n) is 6.37. The monoisotopic (exact) mass is 251 g/mol. The van der Waals surface area contributed by atoms with Crippen molar-refractivity contribution < 1.29 is 9.90 Å². The van der Waals surface area contributed by atoms with Gasteiger partial charge in [0.15, 0.2) is 6.10 Å². The Hall–Kier alpha value is -0.570. The van der Waals surface area contributed by atoms with Crippen LogP contribution in [0.4, 0.5) is 0 Å². The summed E-state index contributed by atoms with van der Waals surface area (Å²) < 4.78 is 0. The van der Waals surface area contributed by atoms with Gasteiger partial charge < -0.3 is 10.0 Å². The van der Waals surface area contributed by atoms with Crippen molar-refractivity contribution in [3.05, 3.63) is 0 Å². The second kappa shape index (κ2) is 5.20. The highest BCUT2D eigenvalue weighted by molar-refractivity contribution is 5.88. The lowest BCUT2D eigenvalue weighted by atomic mass is 9.75. The third-order valence-corrected chi connectivity index (χ3v) is 5.25. The van der Waals surface area contributed by atoms with Crippen LogP contribution in [0.15, 0.2) is 0 Å². The van der Waals surface area contributed by atoms with Gasteiger partial charge in [0.1, 0.15) is 0 Å². The molecule has 1 aliphatic heterocycles. The van der Waals surface area contributed by atoms with Gasteiger partial charge in [-0.2, -0.15) is 0 Å². The van der Waals surface area contributed by atoms with Crippen LogP contribution in [0, 0.1) is 5.92 Å². The number of β-lactam (4-membered cyclic amide) rings is 1. The Labute approximate surface area is 110 Å². The summed E-state index contributed by atoms with van der Waals surface area (Å²) >= 11 is 0. The van der Waals surface area contributed by atoms with E-state index in [0.29, 0.717) is 12.0 Å². The zero-order valence-electron chi connectivity index (χ0n) is 11.2. The van der Waals surface area contributed by atoms with Gasteiger partial charge >= 0.3 is 0 Å². The first-order chi connectivity index (χ1) is 8.79. The zero-order valence-corrected chi connectivity index (χ0v) is 11.2. The number of aliphatic hydroxyl groups excluding tert-OH is 1. The molecule has 2 atom stereocenters. The number of rotatable bonds is 2. The molecular formula is C15H25NO2. The molecular weight excluding hydrogens is 226 g/mol. The Balaban J connectivity index is 1.68. The van der Waals surface area contributed by atoms with Crippen LogP contribution in [0.1, 0.15) is 64.2 Å². The van der Waals surface area contributed by atoms with Gasteiger partial charge in [-0.3, -0.25) is 4.79 Å². The van der Waals surface area contributed by atoms with Crippen molar-refractivity contribution in [1.82, 2.24) is 4.90 Å². The van der Waals surface area contributed by atoms with Crippen LogP contribution in [0.2, 0.25) is 0 Å². The first-order valence-electron chi connectivity index (χ1n) is 7.79. The molecule has 0 aromatic carbocycles. The van der Waals surface area contributed by atoms with Gasteiger partial charge in [-0.1, -0.05) is 38.5 Å². The highest BCUT2D eigenvalue weighted by Gasteiger charge is 2.52. The summed E-state index contributed by atoms with van der Waals surface area (Å²) in [6, 6.07) is 0.586. The summed E-state index contributed by atoms with van der Waals surface area (Å²) in [5.74, 6) is 0.575. The highest BCUT2D eigenvalue weighted by atomic mass is 16.3. The lowest BCUT2D eigenvalue weighted by Gasteiger charge is -2.53. The first-order valence-corrected chi connectivity index (χ1v) is 7.79. The highest BCUT2D eigenvalue weighted by Crippen LogP contribution is 2.39. The van der Waals surface area contributed by atoms with Crippen molar-refractivity contribution in [2.75, 3.05) is 0 Å². The molecule has 2 aliphatic carbocycles. The van der Waals surface area contributed by atoms with E-state index < -0.39 is 6.10 Å². The quantitative estimate of drug-likeness (QED) is 0.766. The van der Waals surface area contributed by atoms with Gasteiger partial charge in [0.05, 0.1) is 6.04 Å². The largest absolute Gasteiger partial charge is 0.381 e. The van der Waals surface area contributed by atoms with E-state index in [0.717, 1.165) is 12.8 Å². The van der Waals surface area contributed by atoms with E-state index in [-0.39, 0.29) is 11.9 Å². The fraction of sp³-hybridized carbons (Fsp3) is 0.933. The Morgan fingerprint density at radius 1 is 0.889 bits per heavy atom. The van der Waals surface area contributed by atoms with Crippen LogP contribution in [-0.2, 0) is 4.79 Å². The minimum atomic E-state index is -0.685. The predicted molar refractivity (Wildman–Crippen MR) is 70.1 cm³/mol. The van der Waals surface area contributed by atoms with Crippen molar-refractivity contribution >= 4 is 5.91 Å². The summed E-state index contributed by atoms with van der Waals surface area (Å²) in [7, 11) is 0. The maximum absolute atomic E-state index is 12.0. The van der Waals surface area contributed by atoms with Gasteiger partial charge in [-0.15, -0.1) is 0 Å². The van der Waals surface area contributed by atoms with E-state index in [1.807, 2.05) is 0 Å². The SMILES string of the molecule is O=C1[C@H](O)[C@H](C2CCCCC2)N1C1CCCCC1. The summed E-state index contributed by atoms with van der Waals surface area (Å²) in [6.07, 6.45) is 11.7. The molecule has 0 radical (unpaired) electrons. The number of aliphatic hydroxyl groups is 1. The van der Waals surface area contributed by atoms with Gasteiger partial charge in [0.25, 0.3) is 5.91 Å².